The molecule has 58 heavy (non-hydrogen) atoms. The molecular formula is C41H51N7O9S. The van der Waals surface area contributed by atoms with Crippen LogP contribution in [0, 0.1) is 44.1 Å². The van der Waals surface area contributed by atoms with Crippen molar-refractivity contribution >= 4 is 46.0 Å². The topological polar surface area (TPSA) is 185 Å². The first-order valence-corrected chi connectivity index (χ1v) is 20.9. The Kier molecular flexibility index (Phi) is 12.3. The summed E-state index contributed by atoms with van der Waals surface area (Å²) >= 11 is -2.00. The van der Waals surface area contributed by atoms with Crippen molar-refractivity contribution in [3.8, 4) is 23.0 Å². The van der Waals surface area contributed by atoms with Crippen molar-refractivity contribution < 1.29 is 42.4 Å². The van der Waals surface area contributed by atoms with Crippen LogP contribution in [0.25, 0.3) is 21.9 Å². The van der Waals surface area contributed by atoms with Crippen molar-refractivity contribution in [2.24, 2.45) is 23.7 Å². The van der Waals surface area contributed by atoms with Gasteiger partial charge in [-0.1, -0.05) is 32.9 Å². The number of benzene rings is 2. The van der Waals surface area contributed by atoms with Gasteiger partial charge in [0.05, 0.1) is 31.2 Å². The maximum absolute atomic E-state index is 14.2. The van der Waals surface area contributed by atoms with Gasteiger partial charge in [0.25, 0.3) is 5.69 Å². The number of nitrogens with zero attached hydrogens (tertiary/aromatic N) is 5. The van der Waals surface area contributed by atoms with Gasteiger partial charge in [-0.3, -0.25) is 9.82 Å². The molecule has 2 aromatic carbocycles. The summed E-state index contributed by atoms with van der Waals surface area (Å²) in [6.45, 7) is 20.9. The minimum absolute atomic E-state index is 0.0361. The SMILES string of the molecule is [C-]#[N+]c1c(C(=O)OC2C(C)CC(C)CC2C)c2nc(-c3ccc(N4CCOCC4)c(NS(=O)Oc4cc(C)ccc4C)c3)[nH]n2c1OC(=O)N1CCC(C(O)O)CC1. The highest BCUT2D eigenvalue weighted by Crippen LogP contribution is 2.42. The zero-order valence-electron chi connectivity index (χ0n) is 33.4. The number of rotatable bonds is 10. The average molecular weight is 818 g/mol. The van der Waals surface area contributed by atoms with Crippen molar-refractivity contribution in [1.29, 1.82) is 0 Å². The number of morpholine rings is 1. The van der Waals surface area contributed by atoms with Crippen LogP contribution in [0.5, 0.6) is 11.6 Å². The number of H-pyrrole nitrogens is 1. The van der Waals surface area contributed by atoms with Crippen molar-refractivity contribution in [2.75, 3.05) is 49.0 Å². The highest BCUT2D eigenvalue weighted by atomic mass is 32.2. The third-order valence-corrected chi connectivity index (χ3v) is 12.2. The van der Waals surface area contributed by atoms with E-state index in [0.29, 0.717) is 62.1 Å². The zero-order valence-corrected chi connectivity index (χ0v) is 34.2. The molecular weight excluding hydrogens is 767 g/mol. The van der Waals surface area contributed by atoms with E-state index in [9.17, 15) is 24.0 Å². The zero-order chi connectivity index (χ0) is 41.2. The molecule has 17 heteroatoms. The summed E-state index contributed by atoms with van der Waals surface area (Å²) < 4.78 is 41.4. The van der Waals surface area contributed by atoms with Crippen LogP contribution in [-0.4, -0.2) is 97.8 Å². The number of carbonyl (C=O) groups is 2. The van der Waals surface area contributed by atoms with E-state index in [1.165, 1.54) is 9.42 Å². The molecule has 4 aromatic rings. The number of fused-ring (bicyclic) bond motifs is 1. The molecule has 1 aliphatic carbocycles. The molecule has 2 aliphatic heterocycles. The van der Waals surface area contributed by atoms with Gasteiger partial charge in [0.2, 0.25) is 5.88 Å². The molecule has 3 fully saturated rings. The summed E-state index contributed by atoms with van der Waals surface area (Å²) in [6.07, 6.45) is -0.160. The van der Waals surface area contributed by atoms with Gasteiger partial charge in [-0.05, 0) is 92.7 Å². The average Bonchev–Trinajstić information content (AvgIpc) is 3.75. The third-order valence-electron chi connectivity index (χ3n) is 11.5. The number of aromatic amines is 1. The summed E-state index contributed by atoms with van der Waals surface area (Å²) in [5.74, 6) is 0.0527. The van der Waals surface area contributed by atoms with Crippen LogP contribution >= 0.6 is 0 Å². The second-order valence-corrected chi connectivity index (χ2v) is 16.7. The number of carbonyl (C=O) groups excluding carboxylic acids is 2. The first-order valence-electron chi connectivity index (χ1n) is 19.8. The molecule has 7 rings (SSSR count). The van der Waals surface area contributed by atoms with Crippen LogP contribution in [0.3, 0.4) is 0 Å². The van der Waals surface area contributed by atoms with E-state index >= 15 is 0 Å². The standard InChI is InChI=1S/C41H51N7O9S/c1-23-7-8-25(3)32(21-23)57-58(53)45-30-22-29(9-10-31(30)46-15-17-54-18-16-46)36-43-37-33(40(51)55-35-26(4)19-24(2)20-27(35)5)34(42-6)38(48(37)44-36)56-41(52)47-13-11-28(12-14-47)39(49)50/h7-10,21-22,24,26-28,35,39,45,49-50H,11-20H2,1-5H3,(H,43,44). The molecule has 0 radical (unpaired) electrons. The van der Waals surface area contributed by atoms with Crippen molar-refractivity contribution in [3.63, 3.8) is 0 Å². The van der Waals surface area contributed by atoms with E-state index < -0.39 is 35.7 Å². The molecule has 1 saturated carbocycles. The summed E-state index contributed by atoms with van der Waals surface area (Å²) in [4.78, 5) is 39.8. The summed E-state index contributed by atoms with van der Waals surface area (Å²) in [6, 6.07) is 11.1. The molecule has 3 aliphatic rings. The Balaban J connectivity index is 1.26. The Morgan fingerprint density at radius 1 is 1.03 bits per heavy atom. The summed E-state index contributed by atoms with van der Waals surface area (Å²) in [5.41, 5.74) is 3.25. The largest absolute Gasteiger partial charge is 0.459 e. The quantitative estimate of drug-likeness (QED) is 0.0818. The Bertz CT molecular complexity index is 2210. The third kappa shape index (κ3) is 8.65. The number of ether oxygens (including phenoxy) is 3. The van der Waals surface area contributed by atoms with E-state index in [2.05, 4.69) is 40.3 Å². The molecule has 4 N–H and O–H groups in total. The fourth-order valence-electron chi connectivity index (χ4n) is 8.46. The summed E-state index contributed by atoms with van der Waals surface area (Å²) in [7, 11) is 0. The van der Waals surface area contributed by atoms with Crippen molar-refractivity contribution in [2.45, 2.75) is 72.7 Å². The van der Waals surface area contributed by atoms with Gasteiger partial charge in [0.15, 0.2) is 17.8 Å². The van der Waals surface area contributed by atoms with Gasteiger partial charge in [-0.15, -0.1) is 0 Å². The van der Waals surface area contributed by atoms with E-state index in [0.717, 1.165) is 29.7 Å². The van der Waals surface area contributed by atoms with Crippen LogP contribution in [0.15, 0.2) is 36.4 Å². The molecule has 310 valence electrons. The molecule has 1 amide bonds. The van der Waals surface area contributed by atoms with E-state index in [1.807, 2.05) is 44.2 Å². The van der Waals surface area contributed by atoms with Gasteiger partial charge in [0, 0.05) is 37.7 Å². The molecule has 2 aromatic heterocycles. The molecule has 3 unspecified atom stereocenters. The second kappa shape index (κ2) is 17.4. The number of hydrogen-bond donors (Lipinski definition) is 4. The predicted octanol–water partition coefficient (Wildman–Crippen LogP) is 6.15. The van der Waals surface area contributed by atoms with Crippen molar-refractivity contribution in [3.05, 3.63) is 64.5 Å². The number of aromatic nitrogens is 3. The van der Waals surface area contributed by atoms with E-state index in [1.54, 1.807) is 6.07 Å². The molecule has 0 spiro atoms. The van der Waals surface area contributed by atoms with Crippen LogP contribution < -0.4 is 18.5 Å². The van der Waals surface area contributed by atoms with Crippen LogP contribution in [0.1, 0.15) is 67.9 Å². The lowest BCUT2D eigenvalue weighted by Crippen LogP contribution is -2.42. The number of anilines is 2. The fraction of sp³-hybridized carbons (Fsp3) is 0.512. The second-order valence-electron chi connectivity index (χ2n) is 15.9. The van der Waals surface area contributed by atoms with E-state index in [4.69, 9.17) is 29.9 Å². The van der Waals surface area contributed by atoms with Gasteiger partial charge in [0.1, 0.15) is 17.4 Å². The first-order chi connectivity index (χ1) is 27.8. The number of esters is 1. The number of hydrogen-bond acceptors (Lipinski definition) is 11. The lowest BCUT2D eigenvalue weighted by molar-refractivity contribution is -0.0965. The fourth-order valence-corrected chi connectivity index (χ4v) is 9.19. The maximum atomic E-state index is 14.2. The Morgan fingerprint density at radius 3 is 2.41 bits per heavy atom. The predicted molar refractivity (Wildman–Crippen MR) is 217 cm³/mol. The maximum Gasteiger partial charge on any atom is 0.415 e. The number of likely N-dealkylation sites (tertiary alicyclic amines) is 1. The first kappa shape index (κ1) is 41.0. The Morgan fingerprint density at radius 2 is 1.74 bits per heavy atom. The normalized spacial score (nSPS) is 22.1. The number of nitrogens with one attached hydrogen (secondary N) is 2. The van der Waals surface area contributed by atoms with Gasteiger partial charge < -0.3 is 38.4 Å². The van der Waals surface area contributed by atoms with Gasteiger partial charge >= 0.3 is 23.3 Å². The number of amides is 1. The minimum Gasteiger partial charge on any atom is -0.459 e. The highest BCUT2D eigenvalue weighted by molar-refractivity contribution is 7.82. The lowest BCUT2D eigenvalue weighted by Gasteiger charge is -2.37. The van der Waals surface area contributed by atoms with Gasteiger partial charge in [-0.2, -0.15) is 4.21 Å². The number of piperidine rings is 1. The molecule has 0 bridgehead atoms. The molecule has 2 saturated heterocycles. The lowest BCUT2D eigenvalue weighted by atomic mass is 9.75. The van der Waals surface area contributed by atoms with Crippen LogP contribution in [0.4, 0.5) is 21.9 Å². The minimum atomic E-state index is -2.00. The smallest absolute Gasteiger partial charge is 0.415 e. The molecule has 4 heterocycles. The highest BCUT2D eigenvalue weighted by Gasteiger charge is 2.38. The van der Waals surface area contributed by atoms with Crippen molar-refractivity contribution in [1.82, 2.24) is 19.5 Å². The number of aliphatic hydroxyl groups is 2. The Hall–Kier alpha value is -5.15. The molecule has 16 nitrogen and oxygen atoms in total. The van der Waals surface area contributed by atoms with E-state index in [-0.39, 0.29) is 59.4 Å². The van der Waals surface area contributed by atoms with Crippen LogP contribution in [0.2, 0.25) is 0 Å². The molecule has 3 atom stereocenters. The monoisotopic (exact) mass is 817 g/mol. The Labute approximate surface area is 340 Å². The van der Waals surface area contributed by atoms with Gasteiger partial charge in [-0.25, -0.2) is 23.9 Å². The number of aliphatic hydroxyl groups excluding tert-OH is 1. The summed E-state index contributed by atoms with van der Waals surface area (Å²) in [5, 5.41) is 22.5. The van der Waals surface area contributed by atoms with Crippen LogP contribution in [-0.2, 0) is 20.7 Å². The number of aryl methyl sites for hydroxylation is 2.